The van der Waals surface area contributed by atoms with Gasteiger partial charge in [-0.25, -0.2) is 0 Å². The monoisotopic (exact) mass is 263 g/mol. The van der Waals surface area contributed by atoms with Crippen molar-refractivity contribution in [1.82, 2.24) is 5.32 Å². The summed E-state index contributed by atoms with van der Waals surface area (Å²) in [6.45, 7) is 2.20. The van der Waals surface area contributed by atoms with Gasteiger partial charge in [-0.15, -0.1) is 0 Å². The largest absolute Gasteiger partial charge is 0.491 e. The molecule has 0 unspecified atom stereocenters. The summed E-state index contributed by atoms with van der Waals surface area (Å²) in [7, 11) is 1.95. The molecular formula is C16H25NO2. The minimum Gasteiger partial charge on any atom is -0.491 e. The number of ether oxygens (including phenoxy) is 2. The zero-order chi connectivity index (χ0) is 13.3. The van der Waals surface area contributed by atoms with Crippen molar-refractivity contribution < 1.29 is 9.47 Å². The standard InChI is InChI=1S/C16H25NO2/c1-17-13-14-6-5-9-16(12-14)19-11-10-18-15-7-3-2-4-8-15/h5-6,9,12,15,17H,2-4,7-8,10-11,13H2,1H3. The molecule has 0 radical (unpaired) electrons. The molecule has 1 fully saturated rings. The highest BCUT2D eigenvalue weighted by Gasteiger charge is 2.13. The highest BCUT2D eigenvalue weighted by atomic mass is 16.5. The van der Waals surface area contributed by atoms with E-state index in [0.29, 0.717) is 19.3 Å². The molecule has 1 N–H and O–H groups in total. The lowest BCUT2D eigenvalue weighted by molar-refractivity contribution is 0.0129. The normalized spacial score (nSPS) is 16.5. The van der Waals surface area contributed by atoms with Crippen LogP contribution in [0, 0.1) is 0 Å². The second-order valence-electron chi connectivity index (χ2n) is 5.16. The second-order valence-corrected chi connectivity index (χ2v) is 5.16. The van der Waals surface area contributed by atoms with Gasteiger partial charge in [0, 0.05) is 6.54 Å². The molecule has 1 aromatic carbocycles. The zero-order valence-corrected chi connectivity index (χ0v) is 11.9. The minimum atomic E-state index is 0.466. The summed E-state index contributed by atoms with van der Waals surface area (Å²) in [6, 6.07) is 8.21. The number of hydrogen-bond donors (Lipinski definition) is 1. The second kappa shape index (κ2) is 8.18. The zero-order valence-electron chi connectivity index (χ0n) is 11.9. The topological polar surface area (TPSA) is 30.5 Å². The van der Waals surface area contributed by atoms with Crippen LogP contribution in [0.5, 0.6) is 5.75 Å². The molecule has 3 nitrogen and oxygen atoms in total. The summed E-state index contributed by atoms with van der Waals surface area (Å²) in [6.07, 6.45) is 6.91. The predicted octanol–water partition coefficient (Wildman–Crippen LogP) is 3.13. The highest BCUT2D eigenvalue weighted by molar-refractivity contribution is 5.28. The van der Waals surface area contributed by atoms with E-state index >= 15 is 0 Å². The summed E-state index contributed by atoms with van der Waals surface area (Å²) < 4.78 is 11.6. The average molecular weight is 263 g/mol. The summed E-state index contributed by atoms with van der Waals surface area (Å²) >= 11 is 0. The van der Waals surface area contributed by atoms with Gasteiger partial charge in [0.1, 0.15) is 12.4 Å². The van der Waals surface area contributed by atoms with E-state index in [4.69, 9.17) is 9.47 Å². The lowest BCUT2D eigenvalue weighted by atomic mass is 9.98. The maximum atomic E-state index is 5.85. The number of benzene rings is 1. The van der Waals surface area contributed by atoms with Crippen molar-refractivity contribution in [3.8, 4) is 5.75 Å². The fourth-order valence-electron chi connectivity index (χ4n) is 2.56. The summed E-state index contributed by atoms with van der Waals surface area (Å²) in [5.74, 6) is 0.931. The third-order valence-electron chi connectivity index (χ3n) is 3.54. The summed E-state index contributed by atoms with van der Waals surface area (Å²) in [5, 5.41) is 3.14. The SMILES string of the molecule is CNCc1cccc(OCCOC2CCCCC2)c1. The molecule has 1 aromatic rings. The van der Waals surface area contributed by atoms with Crippen molar-refractivity contribution in [3.05, 3.63) is 29.8 Å². The Hall–Kier alpha value is -1.06. The van der Waals surface area contributed by atoms with Crippen molar-refractivity contribution >= 4 is 0 Å². The Balaban J connectivity index is 1.65. The van der Waals surface area contributed by atoms with Crippen LogP contribution in [0.1, 0.15) is 37.7 Å². The van der Waals surface area contributed by atoms with Gasteiger partial charge in [-0.3, -0.25) is 0 Å². The van der Waals surface area contributed by atoms with E-state index in [1.165, 1.54) is 37.7 Å². The third kappa shape index (κ3) is 5.21. The van der Waals surface area contributed by atoms with Crippen LogP contribution in [0.3, 0.4) is 0 Å². The molecule has 1 saturated carbocycles. The molecular weight excluding hydrogens is 238 g/mol. The van der Waals surface area contributed by atoms with Gasteiger partial charge in [-0.1, -0.05) is 31.4 Å². The quantitative estimate of drug-likeness (QED) is 0.767. The molecule has 0 bridgehead atoms. The lowest BCUT2D eigenvalue weighted by Gasteiger charge is -2.21. The van der Waals surface area contributed by atoms with Gasteiger partial charge < -0.3 is 14.8 Å². The fraction of sp³-hybridized carbons (Fsp3) is 0.625. The van der Waals surface area contributed by atoms with Crippen molar-refractivity contribution in [1.29, 1.82) is 0 Å². The Morgan fingerprint density at radius 3 is 2.79 bits per heavy atom. The third-order valence-corrected chi connectivity index (χ3v) is 3.54. The molecule has 0 amide bonds. The summed E-state index contributed by atoms with van der Waals surface area (Å²) in [4.78, 5) is 0. The van der Waals surface area contributed by atoms with E-state index in [1.807, 2.05) is 19.2 Å². The molecule has 106 valence electrons. The number of rotatable bonds is 7. The Bertz CT molecular complexity index is 362. The van der Waals surface area contributed by atoms with E-state index in [9.17, 15) is 0 Å². The fourth-order valence-corrected chi connectivity index (χ4v) is 2.56. The first-order valence-corrected chi connectivity index (χ1v) is 7.36. The Kier molecular flexibility index (Phi) is 6.18. The molecule has 0 spiro atoms. The minimum absolute atomic E-state index is 0.466. The first-order chi connectivity index (χ1) is 9.38. The van der Waals surface area contributed by atoms with Gasteiger partial charge in [-0.2, -0.15) is 0 Å². The Labute approximate surface area is 116 Å². The maximum absolute atomic E-state index is 5.85. The van der Waals surface area contributed by atoms with E-state index in [0.717, 1.165) is 12.3 Å². The van der Waals surface area contributed by atoms with Gasteiger partial charge in [-0.05, 0) is 37.6 Å². The van der Waals surface area contributed by atoms with Crippen molar-refractivity contribution in [2.75, 3.05) is 20.3 Å². The van der Waals surface area contributed by atoms with Crippen LogP contribution in [0.15, 0.2) is 24.3 Å². The highest BCUT2D eigenvalue weighted by Crippen LogP contribution is 2.20. The Morgan fingerprint density at radius 2 is 2.00 bits per heavy atom. The Morgan fingerprint density at radius 1 is 1.16 bits per heavy atom. The van der Waals surface area contributed by atoms with Crippen LogP contribution >= 0.6 is 0 Å². The van der Waals surface area contributed by atoms with Gasteiger partial charge in [0.05, 0.1) is 12.7 Å². The van der Waals surface area contributed by atoms with Crippen LogP contribution in [-0.4, -0.2) is 26.4 Å². The first-order valence-electron chi connectivity index (χ1n) is 7.36. The van der Waals surface area contributed by atoms with Crippen molar-refractivity contribution in [2.45, 2.75) is 44.8 Å². The van der Waals surface area contributed by atoms with Gasteiger partial charge in [0.15, 0.2) is 0 Å². The first kappa shape index (κ1) is 14.4. The predicted molar refractivity (Wildman–Crippen MR) is 77.5 cm³/mol. The van der Waals surface area contributed by atoms with Crippen molar-refractivity contribution in [3.63, 3.8) is 0 Å². The lowest BCUT2D eigenvalue weighted by Crippen LogP contribution is -2.19. The van der Waals surface area contributed by atoms with Gasteiger partial charge >= 0.3 is 0 Å². The maximum Gasteiger partial charge on any atom is 0.119 e. The van der Waals surface area contributed by atoms with Gasteiger partial charge in [0.25, 0.3) is 0 Å². The molecule has 2 rings (SSSR count). The van der Waals surface area contributed by atoms with Crippen LogP contribution in [0.25, 0.3) is 0 Å². The molecule has 0 heterocycles. The molecule has 0 saturated heterocycles. The molecule has 3 heteroatoms. The molecule has 0 aromatic heterocycles. The van der Waals surface area contributed by atoms with E-state index < -0.39 is 0 Å². The summed E-state index contributed by atoms with van der Waals surface area (Å²) in [5.41, 5.74) is 1.24. The smallest absolute Gasteiger partial charge is 0.119 e. The van der Waals surface area contributed by atoms with Crippen LogP contribution < -0.4 is 10.1 Å². The van der Waals surface area contributed by atoms with Crippen LogP contribution in [0.2, 0.25) is 0 Å². The molecule has 1 aliphatic rings. The average Bonchev–Trinajstić information content (AvgIpc) is 2.46. The van der Waals surface area contributed by atoms with Crippen LogP contribution in [0.4, 0.5) is 0 Å². The van der Waals surface area contributed by atoms with Crippen molar-refractivity contribution in [2.24, 2.45) is 0 Å². The molecule has 19 heavy (non-hydrogen) atoms. The molecule has 0 atom stereocenters. The number of nitrogens with one attached hydrogen (secondary N) is 1. The number of hydrogen-bond acceptors (Lipinski definition) is 3. The van der Waals surface area contributed by atoms with E-state index in [1.54, 1.807) is 0 Å². The molecule has 0 aliphatic heterocycles. The van der Waals surface area contributed by atoms with E-state index in [-0.39, 0.29) is 0 Å². The molecule has 1 aliphatic carbocycles. The van der Waals surface area contributed by atoms with Gasteiger partial charge in [0.2, 0.25) is 0 Å². The van der Waals surface area contributed by atoms with Crippen LogP contribution in [-0.2, 0) is 11.3 Å². The van der Waals surface area contributed by atoms with E-state index in [2.05, 4.69) is 17.4 Å².